The Balaban J connectivity index is 1.68. The van der Waals surface area contributed by atoms with Gasteiger partial charge in [0.1, 0.15) is 0 Å². The maximum absolute atomic E-state index is 11.1. The van der Waals surface area contributed by atoms with Crippen LogP contribution in [0.4, 0.5) is 5.69 Å². The number of nitrogens with one attached hydrogen (secondary N) is 1. The van der Waals surface area contributed by atoms with Gasteiger partial charge < -0.3 is 10.4 Å². The number of benzene rings is 1. The van der Waals surface area contributed by atoms with Gasteiger partial charge in [0.25, 0.3) is 0 Å². The van der Waals surface area contributed by atoms with Gasteiger partial charge in [-0.2, -0.15) is 0 Å². The topological polar surface area (TPSA) is 49.3 Å². The van der Waals surface area contributed by atoms with E-state index in [1.807, 2.05) is 0 Å². The molecule has 0 amide bonds. The Bertz CT molecular complexity index is 463. The molecule has 1 saturated carbocycles. The summed E-state index contributed by atoms with van der Waals surface area (Å²) in [6, 6.07) is 6.42. The van der Waals surface area contributed by atoms with Crippen LogP contribution in [-0.4, -0.2) is 17.6 Å². The number of aliphatic carboxylic acids is 1. The first-order valence-corrected chi connectivity index (χ1v) is 6.29. The maximum atomic E-state index is 11.1. The SMILES string of the molecule is O=C(O)C1(CNc2ccc3c(c2)CCC3)CC1. The smallest absolute Gasteiger partial charge is 0.311 e. The number of carboxylic acid groups (broad SMARTS) is 1. The standard InChI is InChI=1S/C14H17NO2/c16-13(17)14(6-7-14)9-15-12-5-4-10-2-1-3-11(10)8-12/h4-5,8,15H,1-3,6-7,9H2,(H,16,17). The Morgan fingerprint density at radius 1 is 1.29 bits per heavy atom. The lowest BCUT2D eigenvalue weighted by molar-refractivity contribution is -0.142. The summed E-state index contributed by atoms with van der Waals surface area (Å²) in [4.78, 5) is 11.1. The zero-order valence-electron chi connectivity index (χ0n) is 9.83. The lowest BCUT2D eigenvalue weighted by atomic mass is 10.1. The van der Waals surface area contributed by atoms with Gasteiger partial charge in [-0.3, -0.25) is 4.79 Å². The van der Waals surface area contributed by atoms with Gasteiger partial charge in [0.2, 0.25) is 0 Å². The lowest BCUT2D eigenvalue weighted by Gasteiger charge is -2.13. The van der Waals surface area contributed by atoms with Crippen molar-refractivity contribution < 1.29 is 9.90 Å². The molecule has 3 nitrogen and oxygen atoms in total. The van der Waals surface area contributed by atoms with E-state index in [0.717, 1.165) is 24.9 Å². The van der Waals surface area contributed by atoms with Crippen LogP contribution in [-0.2, 0) is 17.6 Å². The van der Waals surface area contributed by atoms with Crippen LogP contribution in [0.25, 0.3) is 0 Å². The number of carbonyl (C=O) groups is 1. The van der Waals surface area contributed by atoms with Crippen LogP contribution in [0.15, 0.2) is 18.2 Å². The Labute approximate surface area is 101 Å². The third kappa shape index (κ3) is 1.90. The molecule has 0 heterocycles. The second kappa shape index (κ2) is 3.76. The molecule has 1 aromatic carbocycles. The molecule has 3 heteroatoms. The second-order valence-corrected chi connectivity index (χ2v) is 5.28. The van der Waals surface area contributed by atoms with Gasteiger partial charge in [-0.15, -0.1) is 0 Å². The fourth-order valence-corrected chi connectivity index (χ4v) is 2.57. The van der Waals surface area contributed by atoms with Crippen molar-refractivity contribution in [2.45, 2.75) is 32.1 Å². The molecule has 1 aromatic rings. The van der Waals surface area contributed by atoms with E-state index < -0.39 is 11.4 Å². The van der Waals surface area contributed by atoms with Gasteiger partial charge in [0.15, 0.2) is 0 Å². The zero-order chi connectivity index (χ0) is 11.9. The average molecular weight is 231 g/mol. The van der Waals surface area contributed by atoms with Gasteiger partial charge in [0.05, 0.1) is 5.41 Å². The highest BCUT2D eigenvalue weighted by Gasteiger charge is 2.49. The molecule has 3 rings (SSSR count). The maximum Gasteiger partial charge on any atom is 0.311 e. The summed E-state index contributed by atoms with van der Waals surface area (Å²) in [6.07, 6.45) is 5.21. The molecule has 2 aliphatic carbocycles. The van der Waals surface area contributed by atoms with E-state index in [1.54, 1.807) is 0 Å². The molecule has 1 fully saturated rings. The van der Waals surface area contributed by atoms with Crippen molar-refractivity contribution in [1.29, 1.82) is 0 Å². The first-order valence-electron chi connectivity index (χ1n) is 6.29. The van der Waals surface area contributed by atoms with Crippen molar-refractivity contribution in [3.63, 3.8) is 0 Å². The van der Waals surface area contributed by atoms with Crippen LogP contribution in [0.1, 0.15) is 30.4 Å². The van der Waals surface area contributed by atoms with Crippen molar-refractivity contribution in [2.24, 2.45) is 5.41 Å². The normalized spacial score (nSPS) is 19.8. The van der Waals surface area contributed by atoms with Crippen LogP contribution >= 0.6 is 0 Å². The Kier molecular flexibility index (Phi) is 2.35. The minimum Gasteiger partial charge on any atom is -0.481 e. The van der Waals surface area contributed by atoms with E-state index in [2.05, 4.69) is 23.5 Å². The molecule has 2 aliphatic rings. The summed E-state index contributed by atoms with van der Waals surface area (Å²) in [7, 11) is 0. The van der Waals surface area contributed by atoms with Crippen LogP contribution in [0, 0.1) is 5.41 Å². The zero-order valence-corrected chi connectivity index (χ0v) is 9.83. The summed E-state index contributed by atoms with van der Waals surface area (Å²) in [6.45, 7) is 0.557. The number of hydrogen-bond acceptors (Lipinski definition) is 2. The third-order valence-electron chi connectivity index (χ3n) is 4.04. The van der Waals surface area contributed by atoms with Crippen molar-refractivity contribution in [2.75, 3.05) is 11.9 Å². The van der Waals surface area contributed by atoms with Crippen molar-refractivity contribution >= 4 is 11.7 Å². The molecule has 0 bridgehead atoms. The third-order valence-corrected chi connectivity index (χ3v) is 4.04. The molecule has 90 valence electrons. The number of hydrogen-bond donors (Lipinski definition) is 2. The van der Waals surface area contributed by atoms with Crippen LogP contribution < -0.4 is 5.32 Å². The highest BCUT2D eigenvalue weighted by atomic mass is 16.4. The van der Waals surface area contributed by atoms with Crippen LogP contribution in [0.3, 0.4) is 0 Å². The van der Waals surface area contributed by atoms with E-state index >= 15 is 0 Å². The lowest BCUT2D eigenvalue weighted by Crippen LogP contribution is -2.24. The molecule has 0 spiro atoms. The van der Waals surface area contributed by atoms with Gasteiger partial charge in [-0.05, 0) is 55.4 Å². The monoisotopic (exact) mass is 231 g/mol. The van der Waals surface area contributed by atoms with Crippen LogP contribution in [0.5, 0.6) is 0 Å². The molecule has 0 unspecified atom stereocenters. The number of rotatable bonds is 4. The molecule has 17 heavy (non-hydrogen) atoms. The Morgan fingerprint density at radius 3 is 2.76 bits per heavy atom. The number of aryl methyl sites for hydroxylation is 2. The summed E-state index contributed by atoms with van der Waals surface area (Å²) < 4.78 is 0. The van der Waals surface area contributed by atoms with Gasteiger partial charge in [0, 0.05) is 12.2 Å². The van der Waals surface area contributed by atoms with E-state index in [0.29, 0.717) is 6.54 Å². The van der Waals surface area contributed by atoms with Crippen LogP contribution in [0.2, 0.25) is 0 Å². The molecular weight excluding hydrogens is 214 g/mol. The molecule has 0 aromatic heterocycles. The molecule has 0 atom stereocenters. The summed E-state index contributed by atoms with van der Waals surface area (Å²) in [5, 5.41) is 12.4. The quantitative estimate of drug-likeness (QED) is 0.836. The summed E-state index contributed by atoms with van der Waals surface area (Å²) in [5.41, 5.74) is 3.46. The van der Waals surface area contributed by atoms with E-state index in [4.69, 9.17) is 5.11 Å². The highest BCUT2D eigenvalue weighted by molar-refractivity contribution is 5.78. The minimum absolute atomic E-state index is 0.487. The Morgan fingerprint density at radius 2 is 2.06 bits per heavy atom. The van der Waals surface area contributed by atoms with Gasteiger partial charge >= 0.3 is 5.97 Å². The molecule has 0 radical (unpaired) electrons. The van der Waals surface area contributed by atoms with Gasteiger partial charge in [-0.1, -0.05) is 6.07 Å². The van der Waals surface area contributed by atoms with E-state index in [1.165, 1.54) is 24.0 Å². The molecule has 0 saturated heterocycles. The highest BCUT2D eigenvalue weighted by Crippen LogP contribution is 2.45. The number of carboxylic acids is 1. The Hall–Kier alpha value is -1.51. The fraction of sp³-hybridized carbons (Fsp3) is 0.500. The largest absolute Gasteiger partial charge is 0.481 e. The first-order chi connectivity index (χ1) is 8.20. The average Bonchev–Trinajstić information content (AvgIpc) is 2.98. The second-order valence-electron chi connectivity index (χ2n) is 5.28. The molecule has 2 N–H and O–H groups in total. The summed E-state index contributed by atoms with van der Waals surface area (Å²) in [5.74, 6) is -0.661. The van der Waals surface area contributed by atoms with Crippen molar-refractivity contribution in [1.82, 2.24) is 0 Å². The summed E-state index contributed by atoms with van der Waals surface area (Å²) >= 11 is 0. The van der Waals surface area contributed by atoms with E-state index in [-0.39, 0.29) is 0 Å². The van der Waals surface area contributed by atoms with E-state index in [9.17, 15) is 4.79 Å². The minimum atomic E-state index is -0.661. The molecular formula is C14H17NO2. The molecule has 0 aliphatic heterocycles. The predicted molar refractivity (Wildman–Crippen MR) is 66.3 cm³/mol. The number of fused-ring (bicyclic) bond motifs is 1. The van der Waals surface area contributed by atoms with Crippen molar-refractivity contribution in [3.8, 4) is 0 Å². The van der Waals surface area contributed by atoms with Crippen molar-refractivity contribution in [3.05, 3.63) is 29.3 Å². The van der Waals surface area contributed by atoms with Gasteiger partial charge in [-0.25, -0.2) is 0 Å². The first kappa shape index (κ1) is 10.6. The number of anilines is 1. The fourth-order valence-electron chi connectivity index (χ4n) is 2.57. The predicted octanol–water partition coefficient (Wildman–Crippen LogP) is 2.45.